The molecule has 1 aromatic rings. The maximum absolute atomic E-state index is 13.1. The molecule has 0 aliphatic carbocycles. The van der Waals surface area contributed by atoms with E-state index >= 15 is 0 Å². The number of aryl methyl sites for hydroxylation is 2. The largest absolute Gasteiger partial charge is 0.454 e. The number of esters is 1. The number of hydrogen-bond donors (Lipinski definition) is 2. The molecule has 3 rings (SSSR count). The van der Waals surface area contributed by atoms with E-state index in [1.165, 1.54) is 12.1 Å². The molecule has 2 aliphatic rings. The number of sulfone groups is 1. The molecule has 2 saturated heterocycles. The molecule has 0 bridgehead atoms. The summed E-state index contributed by atoms with van der Waals surface area (Å²) < 4.78 is 54.9. The van der Waals surface area contributed by atoms with Crippen LogP contribution in [0.15, 0.2) is 23.1 Å². The smallest absolute Gasteiger partial charge is 0.325 e. The Morgan fingerprint density at radius 3 is 2.58 bits per heavy atom. The zero-order valence-electron chi connectivity index (χ0n) is 17.3. The fourth-order valence-electron chi connectivity index (χ4n) is 3.69. The third-order valence-corrected chi connectivity index (χ3v) is 9.17. The van der Waals surface area contributed by atoms with Crippen molar-refractivity contribution in [2.24, 2.45) is 0 Å². The van der Waals surface area contributed by atoms with Crippen molar-refractivity contribution in [3.05, 3.63) is 29.3 Å². The van der Waals surface area contributed by atoms with E-state index in [1.54, 1.807) is 13.0 Å². The second kappa shape index (κ2) is 8.85. The number of ether oxygens (including phenoxy) is 1. The topological polar surface area (TPSA) is 147 Å². The van der Waals surface area contributed by atoms with E-state index in [4.69, 9.17) is 4.74 Å². The first-order valence-corrected chi connectivity index (χ1v) is 13.1. The van der Waals surface area contributed by atoms with Crippen LogP contribution in [-0.2, 0) is 34.2 Å². The van der Waals surface area contributed by atoms with E-state index in [1.807, 2.05) is 6.92 Å². The highest BCUT2D eigenvalue weighted by Crippen LogP contribution is 2.28. The normalized spacial score (nSPS) is 26.0. The molecule has 0 radical (unpaired) electrons. The van der Waals surface area contributed by atoms with Crippen molar-refractivity contribution in [2.75, 3.05) is 24.7 Å². The second-order valence-electron chi connectivity index (χ2n) is 8.00. The SMILES string of the molecule is Cc1ccc(S(=O)(=O)N2CC(O)C[C@H]2C(=O)OCC(=O)NC2CCS(=O)(=O)C2)cc1C. The number of sulfonamides is 1. The molecule has 1 aromatic carbocycles. The molecule has 0 aromatic heterocycles. The van der Waals surface area contributed by atoms with Gasteiger partial charge in [0.15, 0.2) is 16.4 Å². The van der Waals surface area contributed by atoms with E-state index < -0.39 is 56.5 Å². The van der Waals surface area contributed by atoms with Crippen LogP contribution in [0.4, 0.5) is 0 Å². The summed E-state index contributed by atoms with van der Waals surface area (Å²) in [5.74, 6) is -1.79. The van der Waals surface area contributed by atoms with Gasteiger partial charge in [-0.15, -0.1) is 0 Å². The van der Waals surface area contributed by atoms with Crippen LogP contribution in [0.25, 0.3) is 0 Å². The van der Waals surface area contributed by atoms with Crippen LogP contribution < -0.4 is 5.32 Å². The molecule has 3 atom stereocenters. The van der Waals surface area contributed by atoms with Gasteiger partial charge in [-0.25, -0.2) is 16.8 Å². The molecule has 172 valence electrons. The highest BCUT2D eigenvalue weighted by molar-refractivity contribution is 7.91. The van der Waals surface area contributed by atoms with Crippen LogP contribution in [0.5, 0.6) is 0 Å². The molecule has 31 heavy (non-hydrogen) atoms. The van der Waals surface area contributed by atoms with Gasteiger partial charge < -0.3 is 15.2 Å². The first kappa shape index (κ1) is 23.6. The van der Waals surface area contributed by atoms with Crippen molar-refractivity contribution in [1.82, 2.24) is 9.62 Å². The van der Waals surface area contributed by atoms with Crippen molar-refractivity contribution >= 4 is 31.7 Å². The summed E-state index contributed by atoms with van der Waals surface area (Å²) in [6.45, 7) is 2.69. The van der Waals surface area contributed by atoms with Crippen LogP contribution in [0, 0.1) is 13.8 Å². The summed E-state index contributed by atoms with van der Waals surface area (Å²) in [4.78, 5) is 24.5. The van der Waals surface area contributed by atoms with Crippen molar-refractivity contribution in [2.45, 2.75) is 49.8 Å². The van der Waals surface area contributed by atoms with Crippen LogP contribution in [-0.4, -0.2) is 81.0 Å². The highest BCUT2D eigenvalue weighted by atomic mass is 32.2. The maximum Gasteiger partial charge on any atom is 0.325 e. The summed E-state index contributed by atoms with van der Waals surface area (Å²) in [5.41, 5.74) is 1.68. The quantitative estimate of drug-likeness (QED) is 0.513. The Hall–Kier alpha value is -2.02. The second-order valence-corrected chi connectivity index (χ2v) is 12.1. The standard InChI is InChI=1S/C19H26N2O8S2/c1-12-3-4-16(7-13(12)2)31(27,28)21-9-15(22)8-17(21)19(24)29-10-18(23)20-14-5-6-30(25,26)11-14/h3-4,7,14-15,17,22H,5-6,8-11H2,1-2H3,(H,20,23)/t14?,15?,17-/m0/s1. The minimum absolute atomic E-state index is 0.00249. The molecule has 0 spiro atoms. The van der Waals surface area contributed by atoms with Gasteiger partial charge in [0.05, 0.1) is 22.5 Å². The Balaban J connectivity index is 1.65. The Labute approximate surface area is 181 Å². The molecule has 2 aliphatic heterocycles. The Kier molecular flexibility index (Phi) is 6.75. The van der Waals surface area contributed by atoms with Gasteiger partial charge in [-0.2, -0.15) is 4.31 Å². The van der Waals surface area contributed by atoms with E-state index in [0.29, 0.717) is 6.42 Å². The van der Waals surface area contributed by atoms with E-state index in [0.717, 1.165) is 15.4 Å². The molecule has 2 N–H and O–H groups in total. The van der Waals surface area contributed by atoms with E-state index in [2.05, 4.69) is 5.32 Å². The Bertz CT molecular complexity index is 1080. The predicted molar refractivity (Wildman–Crippen MR) is 110 cm³/mol. The fourth-order valence-corrected chi connectivity index (χ4v) is 7.07. The lowest BCUT2D eigenvalue weighted by atomic mass is 10.1. The number of amides is 1. The van der Waals surface area contributed by atoms with Gasteiger partial charge >= 0.3 is 5.97 Å². The van der Waals surface area contributed by atoms with Gasteiger partial charge in [0, 0.05) is 19.0 Å². The molecule has 0 saturated carbocycles. The van der Waals surface area contributed by atoms with Crippen molar-refractivity contribution < 1.29 is 36.3 Å². The molecular formula is C19H26N2O8S2. The molecule has 2 fully saturated rings. The Morgan fingerprint density at radius 2 is 1.97 bits per heavy atom. The van der Waals surface area contributed by atoms with Crippen molar-refractivity contribution in [1.29, 1.82) is 0 Å². The number of benzene rings is 1. The summed E-state index contributed by atoms with van der Waals surface area (Å²) in [6, 6.07) is 2.80. The minimum Gasteiger partial charge on any atom is -0.454 e. The lowest BCUT2D eigenvalue weighted by Gasteiger charge is -2.23. The molecule has 2 unspecified atom stereocenters. The Morgan fingerprint density at radius 1 is 1.26 bits per heavy atom. The van der Waals surface area contributed by atoms with Gasteiger partial charge in [0.1, 0.15) is 6.04 Å². The van der Waals surface area contributed by atoms with Crippen LogP contribution in [0.3, 0.4) is 0 Å². The van der Waals surface area contributed by atoms with Gasteiger partial charge in [0.2, 0.25) is 10.0 Å². The molecule has 12 heteroatoms. The summed E-state index contributed by atoms with van der Waals surface area (Å²) in [6.07, 6.45) is -0.902. The number of aliphatic hydroxyl groups is 1. The lowest BCUT2D eigenvalue weighted by Crippen LogP contribution is -2.43. The number of carbonyl (C=O) groups excluding carboxylic acids is 2. The highest BCUT2D eigenvalue weighted by Gasteiger charge is 2.44. The first-order valence-electron chi connectivity index (χ1n) is 9.82. The first-order chi connectivity index (χ1) is 14.4. The number of rotatable bonds is 6. The summed E-state index contributed by atoms with van der Waals surface area (Å²) >= 11 is 0. The average Bonchev–Trinajstić information content (AvgIpc) is 3.24. The lowest BCUT2D eigenvalue weighted by molar-refractivity contribution is -0.151. The predicted octanol–water partition coefficient (Wildman–Crippen LogP) is -0.726. The van der Waals surface area contributed by atoms with E-state index in [-0.39, 0.29) is 29.4 Å². The molecule has 10 nitrogen and oxygen atoms in total. The van der Waals surface area contributed by atoms with Gasteiger partial charge in [0.25, 0.3) is 5.91 Å². The third-order valence-electron chi connectivity index (χ3n) is 5.53. The fraction of sp³-hybridized carbons (Fsp3) is 0.579. The number of nitrogens with one attached hydrogen (secondary N) is 1. The van der Waals surface area contributed by atoms with Crippen molar-refractivity contribution in [3.8, 4) is 0 Å². The van der Waals surface area contributed by atoms with E-state index in [9.17, 15) is 31.5 Å². The number of hydrogen-bond acceptors (Lipinski definition) is 8. The molecule has 2 heterocycles. The summed E-state index contributed by atoms with van der Waals surface area (Å²) in [7, 11) is -7.24. The molecule has 1 amide bonds. The zero-order valence-corrected chi connectivity index (χ0v) is 18.9. The molecular weight excluding hydrogens is 448 g/mol. The average molecular weight is 475 g/mol. The number of nitrogens with zero attached hydrogens (tertiary/aromatic N) is 1. The maximum atomic E-state index is 13.1. The van der Waals surface area contributed by atoms with Gasteiger partial charge in [-0.1, -0.05) is 6.07 Å². The van der Waals surface area contributed by atoms with Crippen LogP contribution in [0.2, 0.25) is 0 Å². The third kappa shape index (κ3) is 5.43. The van der Waals surface area contributed by atoms with Gasteiger partial charge in [-0.3, -0.25) is 9.59 Å². The van der Waals surface area contributed by atoms with Crippen molar-refractivity contribution in [3.63, 3.8) is 0 Å². The number of aliphatic hydroxyl groups excluding tert-OH is 1. The monoisotopic (exact) mass is 474 g/mol. The van der Waals surface area contributed by atoms with Gasteiger partial charge in [-0.05, 0) is 43.5 Å². The zero-order chi connectivity index (χ0) is 23.0. The minimum atomic E-state index is -4.07. The summed E-state index contributed by atoms with van der Waals surface area (Å²) in [5, 5.41) is 12.5. The number of carbonyl (C=O) groups is 2. The van der Waals surface area contributed by atoms with Crippen LogP contribution >= 0.6 is 0 Å². The number of β-amino-alcohol motifs (C(OH)–C–C–N with tert-alkyl or cyclic N) is 1. The van der Waals surface area contributed by atoms with Crippen LogP contribution in [0.1, 0.15) is 24.0 Å².